The van der Waals surface area contributed by atoms with Crippen LogP contribution in [0.4, 0.5) is 5.69 Å². The maximum absolute atomic E-state index is 12.7. The zero-order valence-corrected chi connectivity index (χ0v) is 16.1. The van der Waals surface area contributed by atoms with Gasteiger partial charge < -0.3 is 4.74 Å². The van der Waals surface area contributed by atoms with Crippen molar-refractivity contribution in [2.24, 2.45) is 0 Å². The van der Waals surface area contributed by atoms with Crippen LogP contribution < -0.4 is 4.72 Å². The zero-order chi connectivity index (χ0) is 19.8. The number of nitrogens with zero attached hydrogens (tertiary/aromatic N) is 3. The molecule has 10 nitrogen and oxygen atoms in total. The van der Waals surface area contributed by atoms with E-state index in [4.69, 9.17) is 4.74 Å². The molecule has 1 fully saturated rings. The molecule has 0 unspecified atom stereocenters. The van der Waals surface area contributed by atoms with Crippen LogP contribution in [0, 0.1) is 0 Å². The summed E-state index contributed by atoms with van der Waals surface area (Å²) in [6, 6.07) is 10.0. The molecule has 148 valence electrons. The van der Waals surface area contributed by atoms with Crippen molar-refractivity contribution in [3.63, 3.8) is 0 Å². The van der Waals surface area contributed by atoms with Gasteiger partial charge in [0.1, 0.15) is 10.4 Å². The highest BCUT2D eigenvalue weighted by atomic mass is 32.2. The van der Waals surface area contributed by atoms with Crippen molar-refractivity contribution in [1.82, 2.24) is 14.6 Å². The number of morpholine rings is 1. The van der Waals surface area contributed by atoms with E-state index < -0.39 is 20.0 Å². The van der Waals surface area contributed by atoms with E-state index in [0.717, 1.165) is 0 Å². The van der Waals surface area contributed by atoms with Gasteiger partial charge in [0.15, 0.2) is 5.52 Å². The highest BCUT2D eigenvalue weighted by molar-refractivity contribution is 7.93. The summed E-state index contributed by atoms with van der Waals surface area (Å²) in [5, 5.41) is 7.25. The molecule has 0 saturated carbocycles. The molecule has 0 spiro atoms. The Morgan fingerprint density at radius 1 is 0.929 bits per heavy atom. The first-order chi connectivity index (χ1) is 13.4. The summed E-state index contributed by atoms with van der Waals surface area (Å²) in [5.74, 6) is 0. The van der Waals surface area contributed by atoms with E-state index in [1.807, 2.05) is 0 Å². The molecule has 0 radical (unpaired) electrons. The first-order valence-corrected chi connectivity index (χ1v) is 11.2. The number of nitrogens with one attached hydrogen (secondary N) is 1. The monoisotopic (exact) mass is 424 g/mol. The highest BCUT2D eigenvalue weighted by Gasteiger charge is 2.26. The third-order valence-corrected chi connectivity index (χ3v) is 7.58. The molecule has 1 saturated heterocycles. The SMILES string of the molecule is O=S(=O)(Nc1ccc(S(=O)(=O)N2CCOCC2)cc1)c1cccc2nonc12. The number of sulfonamides is 2. The summed E-state index contributed by atoms with van der Waals surface area (Å²) in [6.07, 6.45) is 0. The lowest BCUT2D eigenvalue weighted by molar-refractivity contribution is 0.0730. The van der Waals surface area contributed by atoms with Gasteiger partial charge in [-0.3, -0.25) is 4.72 Å². The molecule has 3 aromatic rings. The van der Waals surface area contributed by atoms with Crippen LogP contribution in [0.25, 0.3) is 11.0 Å². The average molecular weight is 424 g/mol. The van der Waals surface area contributed by atoms with Crippen molar-refractivity contribution in [1.29, 1.82) is 0 Å². The van der Waals surface area contributed by atoms with Crippen LogP contribution in [0.1, 0.15) is 0 Å². The summed E-state index contributed by atoms with van der Waals surface area (Å²) in [6.45, 7) is 1.26. The molecule has 0 aliphatic carbocycles. The second kappa shape index (κ2) is 7.13. The minimum absolute atomic E-state index is 0.0835. The number of hydrogen-bond donors (Lipinski definition) is 1. The first-order valence-electron chi connectivity index (χ1n) is 8.30. The van der Waals surface area contributed by atoms with E-state index in [2.05, 4.69) is 19.7 Å². The Morgan fingerprint density at radius 3 is 2.36 bits per heavy atom. The van der Waals surface area contributed by atoms with Gasteiger partial charge in [0.25, 0.3) is 10.0 Å². The number of rotatable bonds is 5. The number of aromatic nitrogens is 2. The Labute approximate surface area is 161 Å². The molecule has 4 rings (SSSR count). The van der Waals surface area contributed by atoms with Crippen molar-refractivity contribution in [2.75, 3.05) is 31.0 Å². The maximum atomic E-state index is 12.7. The van der Waals surface area contributed by atoms with Gasteiger partial charge in [0, 0.05) is 18.8 Å². The molecule has 1 N–H and O–H groups in total. The standard InChI is InChI=1S/C16H16N4O6S2/c21-27(22,15-3-1-2-14-16(15)18-26-17-14)19-12-4-6-13(7-5-12)28(23,24)20-8-10-25-11-9-20/h1-7,19H,8-11H2. The molecule has 2 heterocycles. The zero-order valence-electron chi connectivity index (χ0n) is 14.5. The summed E-state index contributed by atoms with van der Waals surface area (Å²) >= 11 is 0. The Bertz CT molecular complexity index is 1200. The van der Waals surface area contributed by atoms with Gasteiger partial charge in [-0.1, -0.05) is 6.07 Å². The summed E-state index contributed by atoms with van der Waals surface area (Å²) in [4.78, 5) is -0.00332. The molecule has 0 atom stereocenters. The minimum atomic E-state index is -3.97. The largest absolute Gasteiger partial charge is 0.379 e. The Balaban J connectivity index is 1.58. The van der Waals surface area contributed by atoms with E-state index >= 15 is 0 Å². The second-order valence-electron chi connectivity index (χ2n) is 6.03. The van der Waals surface area contributed by atoms with E-state index in [-0.39, 0.29) is 34.1 Å². The molecule has 12 heteroatoms. The Morgan fingerprint density at radius 2 is 1.64 bits per heavy atom. The fraction of sp³-hybridized carbons (Fsp3) is 0.250. The summed E-state index contributed by atoms with van der Waals surface area (Å²) in [5.41, 5.74) is 0.644. The minimum Gasteiger partial charge on any atom is -0.379 e. The smallest absolute Gasteiger partial charge is 0.264 e. The molecule has 0 amide bonds. The molecule has 28 heavy (non-hydrogen) atoms. The van der Waals surface area contributed by atoms with E-state index in [0.29, 0.717) is 18.7 Å². The van der Waals surface area contributed by atoms with Crippen LogP contribution in [0.15, 0.2) is 56.9 Å². The van der Waals surface area contributed by atoms with Crippen LogP contribution in [0.5, 0.6) is 0 Å². The highest BCUT2D eigenvalue weighted by Crippen LogP contribution is 2.24. The molecule has 0 bridgehead atoms. The molecular weight excluding hydrogens is 408 g/mol. The van der Waals surface area contributed by atoms with Gasteiger partial charge in [-0.15, -0.1) is 0 Å². The average Bonchev–Trinajstić information content (AvgIpc) is 3.17. The van der Waals surface area contributed by atoms with Crippen LogP contribution >= 0.6 is 0 Å². The quantitative estimate of drug-likeness (QED) is 0.643. The number of fused-ring (bicyclic) bond motifs is 1. The normalized spacial score (nSPS) is 16.3. The Kier molecular flexibility index (Phi) is 4.79. The van der Waals surface area contributed by atoms with Crippen LogP contribution in [0.2, 0.25) is 0 Å². The number of ether oxygens (including phenoxy) is 1. The van der Waals surface area contributed by atoms with Gasteiger partial charge in [-0.2, -0.15) is 4.31 Å². The predicted octanol–water partition coefficient (Wildman–Crippen LogP) is 1.04. The molecular formula is C16H16N4O6S2. The van der Waals surface area contributed by atoms with Gasteiger partial charge in [-0.25, -0.2) is 21.5 Å². The van der Waals surface area contributed by atoms with E-state index in [9.17, 15) is 16.8 Å². The fourth-order valence-electron chi connectivity index (χ4n) is 2.84. The third kappa shape index (κ3) is 3.46. The number of benzene rings is 2. The number of hydrogen-bond acceptors (Lipinski definition) is 8. The van der Waals surface area contributed by atoms with Crippen molar-refractivity contribution >= 4 is 36.8 Å². The predicted molar refractivity (Wildman–Crippen MR) is 98.6 cm³/mol. The molecule has 1 aromatic heterocycles. The molecule has 1 aliphatic rings. The van der Waals surface area contributed by atoms with Crippen molar-refractivity contribution < 1.29 is 26.2 Å². The van der Waals surface area contributed by atoms with Gasteiger partial charge >= 0.3 is 0 Å². The van der Waals surface area contributed by atoms with E-state index in [1.165, 1.54) is 40.7 Å². The van der Waals surface area contributed by atoms with E-state index in [1.54, 1.807) is 6.07 Å². The van der Waals surface area contributed by atoms with Crippen LogP contribution in [-0.2, 0) is 24.8 Å². The second-order valence-corrected chi connectivity index (χ2v) is 9.62. The van der Waals surface area contributed by atoms with Crippen LogP contribution in [0.3, 0.4) is 0 Å². The fourth-order valence-corrected chi connectivity index (χ4v) is 5.46. The lowest BCUT2D eigenvalue weighted by atomic mass is 10.3. The number of anilines is 1. The summed E-state index contributed by atoms with van der Waals surface area (Å²) < 4.78 is 64.1. The first kappa shape index (κ1) is 18.8. The molecule has 1 aliphatic heterocycles. The molecule has 2 aromatic carbocycles. The topological polar surface area (TPSA) is 132 Å². The maximum Gasteiger partial charge on any atom is 0.264 e. The lowest BCUT2D eigenvalue weighted by Crippen LogP contribution is -2.40. The van der Waals surface area contributed by atoms with Crippen LogP contribution in [-0.4, -0.2) is 57.8 Å². The van der Waals surface area contributed by atoms with Crippen molar-refractivity contribution in [3.05, 3.63) is 42.5 Å². The van der Waals surface area contributed by atoms with Gasteiger partial charge in [-0.05, 0) is 46.7 Å². The van der Waals surface area contributed by atoms with Crippen molar-refractivity contribution in [2.45, 2.75) is 9.79 Å². The van der Waals surface area contributed by atoms with Gasteiger partial charge in [0.05, 0.1) is 18.1 Å². The van der Waals surface area contributed by atoms with Gasteiger partial charge in [0.2, 0.25) is 10.0 Å². The van der Waals surface area contributed by atoms with Crippen molar-refractivity contribution in [3.8, 4) is 0 Å². The third-order valence-electron chi connectivity index (χ3n) is 4.25. The summed E-state index contributed by atoms with van der Waals surface area (Å²) in [7, 11) is -7.62. The Hall–Kier alpha value is -2.54. The lowest BCUT2D eigenvalue weighted by Gasteiger charge is -2.26.